The molecule has 0 unspecified atom stereocenters. The number of hydrogen-bond acceptors (Lipinski definition) is 3. The van der Waals surface area contributed by atoms with E-state index in [1.54, 1.807) is 24.4 Å². The second kappa shape index (κ2) is 7.01. The molecule has 3 rings (SSSR count). The molecule has 1 saturated carbocycles. The highest BCUT2D eigenvalue weighted by atomic mass is 35.5. The summed E-state index contributed by atoms with van der Waals surface area (Å²) in [5.41, 5.74) is 3.02. The molecule has 0 spiro atoms. The first kappa shape index (κ1) is 15.8. The molecule has 0 radical (unpaired) electrons. The van der Waals surface area contributed by atoms with E-state index in [1.165, 1.54) is 25.7 Å². The van der Waals surface area contributed by atoms with Gasteiger partial charge in [0.05, 0.1) is 11.9 Å². The molecule has 120 valence electrons. The molecule has 0 aliphatic heterocycles. The summed E-state index contributed by atoms with van der Waals surface area (Å²) in [6, 6.07) is 9.60. The van der Waals surface area contributed by atoms with Gasteiger partial charge in [0, 0.05) is 16.8 Å². The van der Waals surface area contributed by atoms with Crippen molar-refractivity contribution < 1.29 is 4.79 Å². The van der Waals surface area contributed by atoms with Crippen LogP contribution < -0.4 is 10.6 Å². The van der Waals surface area contributed by atoms with Gasteiger partial charge in [-0.2, -0.15) is 0 Å². The number of aryl methyl sites for hydroxylation is 1. The summed E-state index contributed by atoms with van der Waals surface area (Å²) in [4.78, 5) is 16.6. The molecule has 0 saturated heterocycles. The smallest absolute Gasteiger partial charge is 0.274 e. The number of nitrogens with zero attached hydrogens (tertiary/aromatic N) is 1. The third-order valence-electron chi connectivity index (χ3n) is 4.17. The Morgan fingerprint density at radius 1 is 1.22 bits per heavy atom. The predicted octanol–water partition coefficient (Wildman–Crippen LogP) is 4.65. The van der Waals surface area contributed by atoms with Gasteiger partial charge in [0.2, 0.25) is 0 Å². The van der Waals surface area contributed by atoms with Crippen molar-refractivity contribution in [2.75, 3.05) is 10.6 Å². The zero-order chi connectivity index (χ0) is 16.2. The van der Waals surface area contributed by atoms with Gasteiger partial charge in [0.25, 0.3) is 5.91 Å². The molecular formula is C18H20ClN3O. The van der Waals surface area contributed by atoms with Crippen LogP contribution in [0, 0.1) is 6.92 Å². The lowest BCUT2D eigenvalue weighted by molar-refractivity contribution is 0.102. The summed E-state index contributed by atoms with van der Waals surface area (Å²) < 4.78 is 0. The minimum absolute atomic E-state index is 0.234. The molecule has 1 amide bonds. The summed E-state index contributed by atoms with van der Waals surface area (Å²) >= 11 is 5.97. The Hall–Kier alpha value is -2.07. The van der Waals surface area contributed by atoms with Crippen molar-refractivity contribution in [1.82, 2.24) is 4.98 Å². The number of halogens is 1. The standard InChI is InChI=1S/C18H20ClN3O/c1-12-6-7-13(19)10-17(12)22-18(23)16-9-8-15(11-20-16)21-14-4-2-3-5-14/h6-11,14,21H,2-5H2,1H3,(H,22,23). The topological polar surface area (TPSA) is 54.0 Å². The van der Waals surface area contributed by atoms with Crippen molar-refractivity contribution in [2.24, 2.45) is 0 Å². The van der Waals surface area contributed by atoms with Crippen LogP contribution in [-0.2, 0) is 0 Å². The van der Waals surface area contributed by atoms with Crippen molar-refractivity contribution in [3.8, 4) is 0 Å². The molecule has 0 atom stereocenters. The fraction of sp³-hybridized carbons (Fsp3) is 0.333. The van der Waals surface area contributed by atoms with Gasteiger partial charge in [0.15, 0.2) is 0 Å². The Bertz CT molecular complexity index is 694. The Kier molecular flexibility index (Phi) is 4.82. The highest BCUT2D eigenvalue weighted by molar-refractivity contribution is 6.31. The highest BCUT2D eigenvalue weighted by Crippen LogP contribution is 2.23. The normalized spacial score (nSPS) is 14.7. The Balaban J connectivity index is 1.66. The van der Waals surface area contributed by atoms with E-state index in [0.717, 1.165) is 11.3 Å². The molecule has 0 bridgehead atoms. The molecular weight excluding hydrogens is 310 g/mol. The lowest BCUT2D eigenvalue weighted by Gasteiger charge is -2.13. The van der Waals surface area contributed by atoms with Crippen molar-refractivity contribution in [3.63, 3.8) is 0 Å². The van der Waals surface area contributed by atoms with Crippen LogP contribution in [0.1, 0.15) is 41.7 Å². The molecule has 4 nitrogen and oxygen atoms in total. The quantitative estimate of drug-likeness (QED) is 0.858. The first-order chi connectivity index (χ1) is 11.1. The summed E-state index contributed by atoms with van der Waals surface area (Å²) in [5, 5.41) is 6.91. The Morgan fingerprint density at radius 3 is 2.70 bits per heavy atom. The number of nitrogens with one attached hydrogen (secondary N) is 2. The van der Waals surface area contributed by atoms with Crippen LogP contribution in [0.3, 0.4) is 0 Å². The summed E-state index contributed by atoms with van der Waals surface area (Å²) in [6.45, 7) is 1.92. The second-order valence-electron chi connectivity index (χ2n) is 5.97. The van der Waals surface area contributed by atoms with Crippen molar-refractivity contribution in [1.29, 1.82) is 0 Å². The summed E-state index contributed by atoms with van der Waals surface area (Å²) in [7, 11) is 0. The van der Waals surface area contributed by atoms with Gasteiger partial charge in [-0.3, -0.25) is 4.79 Å². The lowest BCUT2D eigenvalue weighted by atomic mass is 10.2. The van der Waals surface area contributed by atoms with E-state index in [9.17, 15) is 4.79 Å². The van der Waals surface area contributed by atoms with E-state index in [1.807, 2.05) is 19.1 Å². The van der Waals surface area contributed by atoms with E-state index in [-0.39, 0.29) is 5.91 Å². The first-order valence-corrected chi connectivity index (χ1v) is 8.30. The SMILES string of the molecule is Cc1ccc(Cl)cc1NC(=O)c1ccc(NC2CCCC2)cn1. The van der Waals surface area contributed by atoms with Gasteiger partial charge in [-0.05, 0) is 49.6 Å². The van der Waals surface area contributed by atoms with Crippen molar-refractivity contribution in [3.05, 3.63) is 52.8 Å². The molecule has 1 aliphatic rings. The zero-order valence-electron chi connectivity index (χ0n) is 13.1. The van der Waals surface area contributed by atoms with Crippen LogP contribution >= 0.6 is 11.6 Å². The third-order valence-corrected chi connectivity index (χ3v) is 4.40. The predicted molar refractivity (Wildman–Crippen MR) is 94.3 cm³/mol. The van der Waals surface area contributed by atoms with E-state index >= 15 is 0 Å². The second-order valence-corrected chi connectivity index (χ2v) is 6.41. The maximum absolute atomic E-state index is 12.3. The average molecular weight is 330 g/mol. The molecule has 2 N–H and O–H groups in total. The van der Waals surface area contributed by atoms with Crippen LogP contribution in [-0.4, -0.2) is 16.9 Å². The molecule has 2 aromatic rings. The Labute approximate surface area is 141 Å². The third kappa shape index (κ3) is 4.02. The van der Waals surface area contributed by atoms with Crippen molar-refractivity contribution in [2.45, 2.75) is 38.6 Å². The van der Waals surface area contributed by atoms with Crippen LogP contribution in [0.2, 0.25) is 5.02 Å². The number of rotatable bonds is 4. The van der Waals surface area contributed by atoms with E-state index < -0.39 is 0 Å². The molecule has 1 aromatic carbocycles. The van der Waals surface area contributed by atoms with Gasteiger partial charge in [0.1, 0.15) is 5.69 Å². The number of amides is 1. The van der Waals surface area contributed by atoms with Crippen LogP contribution in [0.25, 0.3) is 0 Å². The van der Waals surface area contributed by atoms with Gasteiger partial charge in [-0.1, -0.05) is 30.5 Å². The Morgan fingerprint density at radius 2 is 2.00 bits per heavy atom. The maximum Gasteiger partial charge on any atom is 0.274 e. The number of anilines is 2. The lowest BCUT2D eigenvalue weighted by Crippen LogP contribution is -2.16. The van der Waals surface area contributed by atoms with Gasteiger partial charge in [-0.15, -0.1) is 0 Å². The number of aromatic nitrogens is 1. The van der Waals surface area contributed by atoms with E-state index in [2.05, 4.69) is 15.6 Å². The number of carbonyl (C=O) groups excluding carboxylic acids is 1. The van der Waals surface area contributed by atoms with Crippen LogP contribution in [0.15, 0.2) is 36.5 Å². The molecule has 1 fully saturated rings. The average Bonchev–Trinajstić information content (AvgIpc) is 3.04. The summed E-state index contributed by atoms with van der Waals surface area (Å²) in [5.74, 6) is -0.234. The largest absolute Gasteiger partial charge is 0.381 e. The molecule has 1 aliphatic carbocycles. The molecule has 1 aromatic heterocycles. The highest BCUT2D eigenvalue weighted by Gasteiger charge is 2.15. The zero-order valence-corrected chi connectivity index (χ0v) is 13.9. The van der Waals surface area contributed by atoms with Gasteiger partial charge >= 0.3 is 0 Å². The first-order valence-electron chi connectivity index (χ1n) is 7.92. The van der Waals surface area contributed by atoms with Gasteiger partial charge < -0.3 is 10.6 Å². The fourth-order valence-electron chi connectivity index (χ4n) is 2.83. The number of pyridine rings is 1. The summed E-state index contributed by atoms with van der Waals surface area (Å²) in [6.07, 6.45) is 6.69. The van der Waals surface area contributed by atoms with E-state index in [4.69, 9.17) is 11.6 Å². The monoisotopic (exact) mass is 329 g/mol. The van der Waals surface area contributed by atoms with Crippen molar-refractivity contribution >= 4 is 28.9 Å². The number of carbonyl (C=O) groups is 1. The number of benzene rings is 1. The van der Waals surface area contributed by atoms with Crippen LogP contribution in [0.5, 0.6) is 0 Å². The minimum Gasteiger partial charge on any atom is -0.381 e. The maximum atomic E-state index is 12.3. The van der Waals surface area contributed by atoms with Crippen LogP contribution in [0.4, 0.5) is 11.4 Å². The van der Waals surface area contributed by atoms with E-state index in [0.29, 0.717) is 22.4 Å². The fourth-order valence-corrected chi connectivity index (χ4v) is 3.01. The van der Waals surface area contributed by atoms with Gasteiger partial charge in [-0.25, -0.2) is 4.98 Å². The minimum atomic E-state index is -0.234. The molecule has 23 heavy (non-hydrogen) atoms. The molecule has 1 heterocycles. The molecule has 5 heteroatoms. The number of hydrogen-bond donors (Lipinski definition) is 2.